The van der Waals surface area contributed by atoms with Gasteiger partial charge in [-0.2, -0.15) is 85.2 Å². The van der Waals surface area contributed by atoms with Crippen LogP contribution in [0, 0.1) is 50.4 Å². The SMILES string of the molecule is COCOc1c(OC)c(C)cc2c1[C@@H]1C3Cc4c(OC(=O)C(F)(F)C(F)(F)C(F)(F)F)c(C)c5c(c4[C@H](COC(=O)CCc4ccccc4)N3[C@@H](C#N)[C@H](C2)N1C)OCO5.COc1c(C)cc2c(c1O)[C@@H]1C3Cc4c(OC(=O)C(F)(F)C(F)(F)C(F)(F)F)c(C)c5c(c4[C@H](COC(=O)CCc4ccccc4)N3[C@@H](C#N)[C@H](C2)N1C)OCO5.O=CC(F)(F)F. The van der Waals surface area contributed by atoms with E-state index in [9.17, 15) is 109 Å². The Kier molecular flexibility index (Phi) is 25.6. The monoisotopic (exact) mass is 1760 g/mol. The number of methoxy groups -OCH3 is 3. The average Bonchev–Trinajstić information content (AvgIpc) is 1.55. The van der Waals surface area contributed by atoms with E-state index in [0.717, 1.165) is 16.7 Å². The van der Waals surface area contributed by atoms with E-state index in [2.05, 4.69) is 12.1 Å². The molecule has 10 atom stereocenters. The lowest BCUT2D eigenvalue weighted by atomic mass is 9.71. The number of carbonyl (C=O) groups excluding carboxylic acids is 5. The van der Waals surface area contributed by atoms with Crippen LogP contribution in [0.5, 0.6) is 57.5 Å². The lowest BCUT2D eigenvalue weighted by Gasteiger charge is -2.59. The fourth-order valence-electron chi connectivity index (χ4n) is 17.7. The molecular formula is C82H77F17N6O18. The van der Waals surface area contributed by atoms with Gasteiger partial charge in [0, 0.05) is 88.6 Å². The molecule has 14 rings (SSSR count). The van der Waals surface area contributed by atoms with Crippen LogP contribution in [0.4, 0.5) is 74.6 Å². The van der Waals surface area contributed by atoms with Crippen LogP contribution in [0.3, 0.4) is 0 Å². The Balaban J connectivity index is 0.000000211. The molecule has 0 amide bonds. The second-order valence-corrected chi connectivity index (χ2v) is 30.1. The highest BCUT2D eigenvalue weighted by atomic mass is 19.4. The fourth-order valence-corrected chi connectivity index (χ4v) is 17.7. The van der Waals surface area contributed by atoms with Gasteiger partial charge in [0.2, 0.25) is 19.9 Å². The van der Waals surface area contributed by atoms with Gasteiger partial charge in [0.15, 0.2) is 52.8 Å². The van der Waals surface area contributed by atoms with E-state index in [1.165, 1.54) is 35.2 Å². The number of hydrogen-bond donors (Lipinski definition) is 1. The number of fused-ring (bicyclic) bond motifs is 18. The zero-order chi connectivity index (χ0) is 90.0. The first-order valence-corrected chi connectivity index (χ1v) is 37.7. The van der Waals surface area contributed by atoms with Crippen molar-refractivity contribution in [3.63, 3.8) is 0 Å². The van der Waals surface area contributed by atoms with Gasteiger partial charge in [-0.25, -0.2) is 9.59 Å². The molecule has 24 nitrogen and oxygen atoms in total. The predicted octanol–water partition coefficient (Wildman–Crippen LogP) is 13.9. The minimum atomic E-state index is -6.82. The number of esters is 4. The summed E-state index contributed by atoms with van der Waals surface area (Å²) in [7, 11) is 7.72. The Bertz CT molecular complexity index is 5160. The van der Waals surface area contributed by atoms with E-state index in [-0.39, 0.29) is 107 Å². The van der Waals surface area contributed by atoms with Crippen molar-refractivity contribution in [2.75, 3.05) is 69.0 Å². The van der Waals surface area contributed by atoms with Gasteiger partial charge < -0.3 is 61.9 Å². The number of likely N-dealkylation sites (N-methyl/N-ethyl adjacent to an activating group) is 2. The number of ether oxygens (including phenoxy) is 12. The van der Waals surface area contributed by atoms with Crippen molar-refractivity contribution in [1.29, 1.82) is 10.5 Å². The number of halogens is 17. The van der Waals surface area contributed by atoms with Crippen LogP contribution in [-0.2, 0) is 76.7 Å². The van der Waals surface area contributed by atoms with Gasteiger partial charge in [-0.3, -0.25) is 34.0 Å². The Morgan fingerprint density at radius 3 is 1.25 bits per heavy atom. The summed E-state index contributed by atoms with van der Waals surface area (Å²) in [6.45, 7) is 3.91. The molecular weight excluding hydrogens is 1680 g/mol. The predicted molar refractivity (Wildman–Crippen MR) is 390 cm³/mol. The molecule has 6 aromatic rings. The van der Waals surface area contributed by atoms with Gasteiger partial charge in [0.1, 0.15) is 36.8 Å². The Morgan fingerprint density at radius 2 is 0.886 bits per heavy atom. The fraction of sp³-hybridized carbons (Fsp3) is 0.476. The lowest BCUT2D eigenvalue weighted by Crippen LogP contribution is -2.68. The zero-order valence-corrected chi connectivity index (χ0v) is 66.5. The summed E-state index contributed by atoms with van der Waals surface area (Å²) in [6.07, 6.45) is -18.9. The minimum absolute atomic E-state index is 0.000975. The molecule has 0 aromatic heterocycles. The molecule has 8 aliphatic rings. The third kappa shape index (κ3) is 16.3. The maximum Gasteiger partial charge on any atom is 0.460 e. The highest BCUT2D eigenvalue weighted by Gasteiger charge is 2.79. The molecule has 123 heavy (non-hydrogen) atoms. The molecule has 8 heterocycles. The third-order valence-corrected chi connectivity index (χ3v) is 23.1. The largest absolute Gasteiger partial charge is 0.504 e. The summed E-state index contributed by atoms with van der Waals surface area (Å²) in [5.74, 6) is -35.3. The summed E-state index contributed by atoms with van der Waals surface area (Å²) < 4.78 is 294. The van der Waals surface area contributed by atoms with Gasteiger partial charge in [0.05, 0.1) is 50.5 Å². The number of benzene rings is 6. The van der Waals surface area contributed by atoms with Gasteiger partial charge in [0.25, 0.3) is 0 Å². The molecule has 2 saturated heterocycles. The smallest absolute Gasteiger partial charge is 0.460 e. The van der Waals surface area contributed by atoms with Crippen molar-refractivity contribution in [3.05, 3.63) is 151 Å². The first-order valence-electron chi connectivity index (χ1n) is 37.7. The Morgan fingerprint density at radius 1 is 0.512 bits per heavy atom. The van der Waals surface area contributed by atoms with E-state index in [0.29, 0.717) is 58.6 Å². The third-order valence-electron chi connectivity index (χ3n) is 23.1. The molecule has 0 saturated carbocycles. The number of nitrogens with zero attached hydrogens (tertiary/aromatic N) is 6. The molecule has 2 unspecified atom stereocenters. The van der Waals surface area contributed by atoms with Crippen molar-refractivity contribution in [2.24, 2.45) is 0 Å². The first-order chi connectivity index (χ1) is 57.8. The Hall–Kier alpha value is -11.1. The average molecular weight is 1760 g/mol. The van der Waals surface area contributed by atoms with Crippen LogP contribution in [0.1, 0.15) is 115 Å². The van der Waals surface area contributed by atoms with E-state index in [4.69, 9.17) is 61.6 Å². The van der Waals surface area contributed by atoms with Gasteiger partial charge in [-0.05, 0) is 114 Å². The Labute approximate surface area is 689 Å². The summed E-state index contributed by atoms with van der Waals surface area (Å²) in [6, 6.07) is 17.9. The van der Waals surface area contributed by atoms with Crippen LogP contribution in [-0.4, -0.2) is 202 Å². The quantitative estimate of drug-likeness (QED) is 0.0230. The summed E-state index contributed by atoms with van der Waals surface area (Å²) in [4.78, 5) is 68.6. The molecule has 2 fully saturated rings. The van der Waals surface area contributed by atoms with Crippen LogP contribution < -0.4 is 42.6 Å². The van der Waals surface area contributed by atoms with Gasteiger partial charge in [-0.1, -0.05) is 72.8 Å². The highest BCUT2D eigenvalue weighted by molar-refractivity contribution is 5.84. The van der Waals surface area contributed by atoms with E-state index >= 15 is 0 Å². The van der Waals surface area contributed by atoms with Crippen LogP contribution >= 0.6 is 0 Å². The molecule has 0 aliphatic carbocycles. The van der Waals surface area contributed by atoms with E-state index in [1.54, 1.807) is 43.0 Å². The zero-order valence-electron chi connectivity index (χ0n) is 66.5. The minimum Gasteiger partial charge on any atom is -0.504 e. The normalized spacial score (nSPS) is 22.0. The van der Waals surface area contributed by atoms with Gasteiger partial charge >= 0.3 is 66.1 Å². The van der Waals surface area contributed by atoms with Crippen molar-refractivity contribution < 1.29 is 161 Å². The van der Waals surface area contributed by atoms with Crippen molar-refractivity contribution >= 4 is 30.2 Å². The summed E-state index contributed by atoms with van der Waals surface area (Å²) in [5, 5.41) is 33.4. The van der Waals surface area contributed by atoms with Crippen LogP contribution in [0.25, 0.3) is 0 Å². The highest BCUT2D eigenvalue weighted by Crippen LogP contribution is 2.63. The number of alkyl halides is 17. The molecule has 1 N–H and O–H groups in total. The number of aromatic hydroxyl groups is 1. The number of nitriles is 2. The van der Waals surface area contributed by atoms with E-state index in [1.807, 2.05) is 77.4 Å². The molecule has 6 aromatic carbocycles. The molecule has 8 aliphatic heterocycles. The molecule has 0 radical (unpaired) electrons. The summed E-state index contributed by atoms with van der Waals surface area (Å²) in [5.41, 5.74) is 4.88. The van der Waals surface area contributed by atoms with Gasteiger partial charge in [-0.15, -0.1) is 0 Å². The van der Waals surface area contributed by atoms with E-state index < -0.39 is 171 Å². The van der Waals surface area contributed by atoms with Crippen LogP contribution in [0.15, 0.2) is 72.8 Å². The number of aldehydes is 1. The number of hydrogen-bond acceptors (Lipinski definition) is 24. The second kappa shape index (κ2) is 34.5. The number of phenols is 1. The van der Waals surface area contributed by atoms with Crippen molar-refractivity contribution in [1.82, 2.24) is 19.6 Å². The molecule has 4 bridgehead atoms. The maximum atomic E-state index is 15.0. The standard InChI is InChI=1S/C41H40F7N3O9.C39H36F7N3O8.C2HF3O/c1-20-13-23-14-25-27(16-49)51-26(32(50(25)3)30(23)36(33(20)55-5)57-18-54-4)15-24-31(28(51)17-56-29(52)12-11-22-9-7-6-8-10-22)37-35(58-19-59-37)21(2)34(24)60-38(53)39(42,43)40(44,45)41(46,47)48;1-18-12-21-13-23-25(15-47)49-24(30(48(23)3)28(21)31(51)32(18)53-4)14-22-29(26(49)16-54-27(50)11-10-20-8-6-5-7-9-20)35-34(55-17-56-35)19(2)33(22)57-36(52)37(40,41)38(42,43)39(44,45)46;3-2(4,5)1-6/h6-10,13,25-28,32H,11-12,14-15,17-19H2,1-5H3;5-9,12,23-26,30,51H,10-11,13-14,16-17H2,1-4H3;1H/t25-,26?,27-,28-,32-;23-,24?,25-,26-,30-;/m00./s1. The first kappa shape index (κ1) is 91.1. The lowest BCUT2D eigenvalue weighted by molar-refractivity contribution is -0.346. The molecule has 662 valence electrons. The number of piperazine rings is 2. The number of rotatable bonds is 21. The maximum absolute atomic E-state index is 15.0. The van der Waals surface area contributed by atoms with Crippen molar-refractivity contribution in [2.45, 2.75) is 182 Å². The number of phenolic OH excluding ortho intramolecular Hbond substituents is 1. The topological polar surface area (TPSA) is 277 Å². The summed E-state index contributed by atoms with van der Waals surface area (Å²) >= 11 is 0. The molecule has 41 heteroatoms. The van der Waals surface area contributed by atoms with Crippen LogP contribution in [0.2, 0.25) is 0 Å². The number of aryl methyl sites for hydroxylation is 4. The molecule has 0 spiro atoms. The van der Waals surface area contributed by atoms with Crippen molar-refractivity contribution in [3.8, 4) is 69.6 Å². The second-order valence-electron chi connectivity index (χ2n) is 30.1. The number of carbonyl (C=O) groups is 5.